The highest BCUT2D eigenvalue weighted by atomic mass is 32.2. The first-order chi connectivity index (χ1) is 13.7. The van der Waals surface area contributed by atoms with Crippen LogP contribution in [0.25, 0.3) is 0 Å². The zero-order chi connectivity index (χ0) is 21.4. The van der Waals surface area contributed by atoms with E-state index in [1.807, 2.05) is 31.2 Å². The normalized spacial score (nSPS) is 12.1. The number of nitrogens with zero attached hydrogens (tertiary/aromatic N) is 1. The maximum absolute atomic E-state index is 12.2. The molecule has 0 radical (unpaired) electrons. The van der Waals surface area contributed by atoms with Crippen molar-refractivity contribution in [3.63, 3.8) is 0 Å². The Hall–Kier alpha value is -3.14. The van der Waals surface area contributed by atoms with Gasteiger partial charge < -0.3 is 20.5 Å². The van der Waals surface area contributed by atoms with Gasteiger partial charge in [-0.25, -0.2) is 4.99 Å². The molecule has 0 saturated carbocycles. The van der Waals surface area contributed by atoms with Crippen LogP contribution in [0, 0.1) is 6.92 Å². The molecule has 0 fully saturated rings. The summed E-state index contributed by atoms with van der Waals surface area (Å²) in [5, 5.41) is 2.54. The van der Waals surface area contributed by atoms with E-state index in [1.165, 1.54) is 19.1 Å². The van der Waals surface area contributed by atoms with Gasteiger partial charge in [-0.05, 0) is 48.7 Å². The van der Waals surface area contributed by atoms with Crippen LogP contribution in [0.1, 0.15) is 5.56 Å². The van der Waals surface area contributed by atoms with Gasteiger partial charge in [0, 0.05) is 23.7 Å². The Kier molecular flexibility index (Phi) is 7.54. The molecule has 0 heterocycles. The molecular formula is C19H19F3N4O2S. The summed E-state index contributed by atoms with van der Waals surface area (Å²) < 4.78 is 45.3. The number of nitrogens with one attached hydrogen (secondary N) is 2. The van der Waals surface area contributed by atoms with Gasteiger partial charge in [-0.15, -0.1) is 0 Å². The largest absolute Gasteiger partial charge is 0.496 e. The van der Waals surface area contributed by atoms with Crippen LogP contribution in [-0.2, 0) is 4.79 Å². The second-order valence-corrected chi connectivity index (χ2v) is 6.55. The average Bonchev–Trinajstić information content (AvgIpc) is 2.66. The summed E-state index contributed by atoms with van der Waals surface area (Å²) in [5.41, 5.74) is 7.17. The third-order valence-corrected chi connectivity index (χ3v) is 4.44. The van der Waals surface area contributed by atoms with Crippen LogP contribution in [0.4, 0.5) is 24.5 Å². The molecule has 6 nitrogen and oxygen atoms in total. The molecule has 4 N–H and O–H groups in total. The summed E-state index contributed by atoms with van der Waals surface area (Å²) in [6.45, 7) is 1.97. The molecule has 0 aromatic heterocycles. The summed E-state index contributed by atoms with van der Waals surface area (Å²) >= 11 is 1.30. The number of benzene rings is 2. The summed E-state index contributed by atoms with van der Waals surface area (Å²) in [4.78, 5) is 15.6. The van der Waals surface area contributed by atoms with E-state index in [4.69, 9.17) is 10.5 Å². The van der Waals surface area contributed by atoms with Gasteiger partial charge >= 0.3 is 6.18 Å². The van der Waals surface area contributed by atoms with Gasteiger partial charge in [0.25, 0.3) is 0 Å². The number of hydrogen-bond donors (Lipinski definition) is 3. The number of nitrogens with two attached hydrogens (primary N) is 1. The Bertz CT molecular complexity index is 930. The predicted octanol–water partition coefficient (Wildman–Crippen LogP) is 4.49. The number of para-hydroxylation sites is 1. The number of aryl methyl sites for hydroxylation is 1. The number of rotatable bonds is 7. The van der Waals surface area contributed by atoms with Crippen molar-refractivity contribution in [2.45, 2.75) is 18.0 Å². The van der Waals surface area contributed by atoms with Crippen LogP contribution in [-0.4, -0.2) is 25.0 Å². The van der Waals surface area contributed by atoms with Gasteiger partial charge in [0.1, 0.15) is 5.75 Å². The molecule has 0 atom stereocenters. The van der Waals surface area contributed by atoms with Crippen LogP contribution < -0.4 is 20.5 Å². The van der Waals surface area contributed by atoms with Gasteiger partial charge in [0.2, 0.25) is 11.7 Å². The lowest BCUT2D eigenvalue weighted by atomic mass is 10.2. The van der Waals surface area contributed by atoms with Gasteiger partial charge in [0.15, 0.2) is 0 Å². The van der Waals surface area contributed by atoms with Crippen LogP contribution >= 0.6 is 11.9 Å². The Morgan fingerprint density at radius 1 is 1.24 bits per heavy atom. The number of halogens is 3. The number of methoxy groups -OCH3 is 1. The Morgan fingerprint density at radius 2 is 1.97 bits per heavy atom. The molecule has 2 aromatic carbocycles. The lowest BCUT2D eigenvalue weighted by molar-refractivity contribution is -0.111. The molecule has 0 saturated heterocycles. The van der Waals surface area contributed by atoms with Crippen molar-refractivity contribution >= 4 is 35.1 Å². The van der Waals surface area contributed by atoms with Crippen molar-refractivity contribution in [3.05, 3.63) is 60.3 Å². The molecule has 0 unspecified atom stereocenters. The molecule has 0 bridgehead atoms. The molecule has 0 spiro atoms. The number of amidine groups is 1. The fourth-order valence-electron chi connectivity index (χ4n) is 2.07. The minimum absolute atomic E-state index is 0.433. The molecule has 154 valence electrons. The first-order valence-electron chi connectivity index (χ1n) is 8.25. The molecular weight excluding hydrogens is 405 g/mol. The molecule has 2 aromatic rings. The van der Waals surface area contributed by atoms with E-state index in [-0.39, 0.29) is 0 Å². The summed E-state index contributed by atoms with van der Waals surface area (Å²) in [5.74, 6) is -1.60. The number of carbonyl (C=O) groups excluding carboxylic acids is 1. The Balaban J connectivity index is 2.07. The van der Waals surface area contributed by atoms with E-state index in [0.29, 0.717) is 22.5 Å². The SMILES string of the molecule is COc1ccc(NC(=O)/C=C/N=C(N)C(F)(F)F)cc1SNc1ccccc1C. The molecule has 0 aliphatic heterocycles. The van der Waals surface area contributed by atoms with E-state index in [0.717, 1.165) is 17.3 Å². The van der Waals surface area contributed by atoms with E-state index in [9.17, 15) is 18.0 Å². The summed E-state index contributed by atoms with van der Waals surface area (Å²) in [7, 11) is 1.53. The zero-order valence-electron chi connectivity index (χ0n) is 15.6. The second kappa shape index (κ2) is 9.87. The highest BCUT2D eigenvalue weighted by Crippen LogP contribution is 2.33. The van der Waals surface area contributed by atoms with Crippen LogP contribution in [0.15, 0.2) is 64.6 Å². The summed E-state index contributed by atoms with van der Waals surface area (Å²) in [6, 6.07) is 12.7. The maximum atomic E-state index is 12.2. The van der Waals surface area contributed by atoms with Crippen LogP contribution in [0.5, 0.6) is 5.75 Å². The summed E-state index contributed by atoms with van der Waals surface area (Å²) in [6.07, 6.45) is -3.20. The number of alkyl halides is 3. The van der Waals surface area contributed by atoms with Crippen molar-refractivity contribution < 1.29 is 22.7 Å². The molecule has 0 aliphatic carbocycles. The van der Waals surface area contributed by atoms with Crippen molar-refractivity contribution in [1.29, 1.82) is 0 Å². The van der Waals surface area contributed by atoms with Gasteiger partial charge in [0.05, 0.1) is 12.0 Å². The van der Waals surface area contributed by atoms with Crippen molar-refractivity contribution in [2.75, 3.05) is 17.1 Å². The fourth-order valence-corrected chi connectivity index (χ4v) is 2.96. The number of ether oxygens (including phenoxy) is 1. The Labute approximate surface area is 170 Å². The topological polar surface area (TPSA) is 88.7 Å². The van der Waals surface area contributed by atoms with Gasteiger partial charge in [-0.1, -0.05) is 18.2 Å². The van der Waals surface area contributed by atoms with Crippen LogP contribution in [0.3, 0.4) is 0 Å². The predicted molar refractivity (Wildman–Crippen MR) is 109 cm³/mol. The number of anilines is 2. The first kappa shape index (κ1) is 22.2. The van der Waals surface area contributed by atoms with Crippen LogP contribution in [0.2, 0.25) is 0 Å². The van der Waals surface area contributed by atoms with Crippen molar-refractivity contribution in [3.8, 4) is 5.75 Å². The molecule has 2 rings (SSSR count). The van der Waals surface area contributed by atoms with E-state index in [2.05, 4.69) is 15.0 Å². The maximum Gasteiger partial charge on any atom is 0.448 e. The second-order valence-electron chi connectivity index (χ2n) is 5.70. The van der Waals surface area contributed by atoms with E-state index < -0.39 is 17.9 Å². The lowest BCUT2D eigenvalue weighted by Gasteiger charge is -2.13. The molecule has 0 aliphatic rings. The van der Waals surface area contributed by atoms with E-state index in [1.54, 1.807) is 18.2 Å². The third-order valence-electron chi connectivity index (χ3n) is 3.58. The highest BCUT2D eigenvalue weighted by molar-refractivity contribution is 8.00. The van der Waals surface area contributed by atoms with Crippen molar-refractivity contribution in [2.24, 2.45) is 10.7 Å². The van der Waals surface area contributed by atoms with Gasteiger partial charge in [-0.3, -0.25) is 4.79 Å². The minimum Gasteiger partial charge on any atom is -0.496 e. The smallest absolute Gasteiger partial charge is 0.448 e. The molecule has 29 heavy (non-hydrogen) atoms. The number of hydrogen-bond acceptors (Lipinski definition) is 5. The van der Waals surface area contributed by atoms with Crippen molar-refractivity contribution in [1.82, 2.24) is 0 Å². The van der Waals surface area contributed by atoms with E-state index >= 15 is 0 Å². The standard InChI is InChI=1S/C19H19F3N4O2S/c1-12-5-3-4-6-14(12)26-29-16-11-13(7-8-15(16)28-2)25-17(27)9-10-24-18(23)19(20,21)22/h3-11,26H,1-2H3,(H2,23,24)(H,25,27)/b10-9+. The fraction of sp³-hybridized carbons (Fsp3) is 0.158. The average molecular weight is 424 g/mol. The number of carbonyl (C=O) groups is 1. The first-order valence-corrected chi connectivity index (χ1v) is 9.07. The zero-order valence-corrected chi connectivity index (χ0v) is 16.4. The van der Waals surface area contributed by atoms with Gasteiger partial charge in [-0.2, -0.15) is 13.2 Å². The minimum atomic E-state index is -4.74. The number of amides is 1. The highest BCUT2D eigenvalue weighted by Gasteiger charge is 2.33. The third kappa shape index (κ3) is 6.75. The Morgan fingerprint density at radius 3 is 2.62 bits per heavy atom. The number of aliphatic imine (C=N–C) groups is 1. The monoisotopic (exact) mass is 424 g/mol. The lowest BCUT2D eigenvalue weighted by Crippen LogP contribution is -2.30. The molecule has 1 amide bonds. The quantitative estimate of drug-likeness (QED) is 0.264. The molecule has 10 heteroatoms.